The lowest BCUT2D eigenvalue weighted by molar-refractivity contribution is 0.663. The number of nitrogens with one attached hydrogen (secondary N) is 1. The third-order valence-electron chi connectivity index (χ3n) is 8.31. The average molecular weight is 568 g/mol. The third-order valence-corrected chi connectivity index (χ3v) is 8.31. The van der Waals surface area contributed by atoms with Crippen LogP contribution in [0.4, 0.5) is 0 Å². The molecule has 0 amide bonds. The number of fused-ring (bicyclic) bond motifs is 6. The quantitative estimate of drug-likeness (QED) is 0.232. The van der Waals surface area contributed by atoms with Crippen LogP contribution in [0.1, 0.15) is 23.0 Å². The smallest absolute Gasteiger partial charge is 0.163 e. The van der Waals surface area contributed by atoms with Crippen molar-refractivity contribution in [2.45, 2.75) is 6.17 Å². The van der Waals surface area contributed by atoms with E-state index in [0.717, 1.165) is 55.3 Å². The SMILES string of the molecule is c1ccc(C2N=C(c3cccc4c3oc3cc5c6ccccc6n(-c6ccccc6)c5cc34)N=C(c3ccccn3)N2)cc1. The first-order chi connectivity index (χ1) is 21.8. The monoisotopic (exact) mass is 567 g/mol. The van der Waals surface area contributed by atoms with Crippen LogP contribution in [0.3, 0.4) is 0 Å². The molecule has 0 saturated carbocycles. The molecular formula is C38H25N5O. The largest absolute Gasteiger partial charge is 0.455 e. The van der Waals surface area contributed by atoms with E-state index in [2.05, 4.69) is 99.8 Å². The first-order valence-electron chi connectivity index (χ1n) is 14.7. The number of hydrogen-bond acceptors (Lipinski definition) is 5. The van der Waals surface area contributed by atoms with Crippen molar-refractivity contribution in [3.8, 4) is 5.69 Å². The summed E-state index contributed by atoms with van der Waals surface area (Å²) in [6.07, 6.45) is 1.46. The van der Waals surface area contributed by atoms with Crippen molar-refractivity contribution in [1.82, 2.24) is 14.9 Å². The molecule has 0 bridgehead atoms. The maximum Gasteiger partial charge on any atom is 0.163 e. The van der Waals surface area contributed by atoms with E-state index in [0.29, 0.717) is 11.7 Å². The molecule has 208 valence electrons. The maximum absolute atomic E-state index is 6.70. The van der Waals surface area contributed by atoms with Crippen molar-refractivity contribution in [3.63, 3.8) is 0 Å². The van der Waals surface area contributed by atoms with Crippen molar-refractivity contribution < 1.29 is 4.42 Å². The minimum atomic E-state index is -0.319. The fourth-order valence-electron chi connectivity index (χ4n) is 6.30. The lowest BCUT2D eigenvalue weighted by Gasteiger charge is -2.23. The van der Waals surface area contributed by atoms with E-state index in [1.165, 1.54) is 10.9 Å². The van der Waals surface area contributed by atoms with Gasteiger partial charge in [0.2, 0.25) is 0 Å². The zero-order chi connectivity index (χ0) is 29.0. The molecule has 6 nitrogen and oxygen atoms in total. The lowest BCUT2D eigenvalue weighted by atomic mass is 10.1. The maximum atomic E-state index is 6.70. The fourth-order valence-corrected chi connectivity index (χ4v) is 6.30. The highest BCUT2D eigenvalue weighted by atomic mass is 16.3. The molecule has 4 heterocycles. The van der Waals surface area contributed by atoms with Gasteiger partial charge in [0.1, 0.15) is 23.0 Å². The van der Waals surface area contributed by atoms with Gasteiger partial charge in [0.25, 0.3) is 0 Å². The van der Waals surface area contributed by atoms with Crippen LogP contribution in [0.2, 0.25) is 0 Å². The van der Waals surface area contributed by atoms with Crippen LogP contribution in [-0.4, -0.2) is 21.2 Å². The van der Waals surface area contributed by atoms with E-state index in [9.17, 15) is 0 Å². The molecule has 8 aromatic rings. The zero-order valence-corrected chi connectivity index (χ0v) is 23.6. The van der Waals surface area contributed by atoms with E-state index in [1.807, 2.05) is 48.5 Å². The number of furan rings is 1. The second kappa shape index (κ2) is 9.78. The standard InChI is InChI=1S/C38H25N5O/c1-3-12-24(13-4-1)36-40-37(42-38(41-36)31-19-9-10-21-39-31)28-18-11-17-27-30-22-33-29(23-34(30)44-35(27)28)26-16-7-8-20-32(26)43(33)25-14-5-2-6-15-25/h1-23,36H,(H,40,41,42). The summed E-state index contributed by atoms with van der Waals surface area (Å²) in [5, 5.41) is 7.90. The Balaban J connectivity index is 1.28. The van der Waals surface area contributed by atoms with Gasteiger partial charge in [0.15, 0.2) is 11.7 Å². The highest BCUT2D eigenvalue weighted by Crippen LogP contribution is 2.39. The molecule has 3 aromatic heterocycles. The molecule has 0 aliphatic carbocycles. The Labute approximate surface area is 252 Å². The topological polar surface area (TPSA) is 67.7 Å². The number of rotatable bonds is 4. The molecule has 1 aliphatic heterocycles. The summed E-state index contributed by atoms with van der Waals surface area (Å²) in [5.41, 5.74) is 7.67. The Kier molecular flexibility index (Phi) is 5.46. The van der Waals surface area contributed by atoms with E-state index >= 15 is 0 Å². The van der Waals surface area contributed by atoms with Crippen molar-refractivity contribution in [3.05, 3.63) is 156 Å². The molecular weight excluding hydrogens is 542 g/mol. The van der Waals surface area contributed by atoms with Crippen LogP contribution < -0.4 is 5.32 Å². The summed E-state index contributed by atoms with van der Waals surface area (Å²) < 4.78 is 9.03. The second-order valence-corrected chi connectivity index (χ2v) is 10.9. The fraction of sp³-hybridized carbons (Fsp3) is 0.0263. The summed E-state index contributed by atoms with van der Waals surface area (Å²) in [5.74, 6) is 1.28. The lowest BCUT2D eigenvalue weighted by Crippen LogP contribution is -2.34. The molecule has 0 spiro atoms. The molecule has 0 radical (unpaired) electrons. The van der Waals surface area contributed by atoms with Crippen LogP contribution >= 0.6 is 0 Å². The number of hydrogen-bond donors (Lipinski definition) is 1. The molecule has 1 unspecified atom stereocenters. The molecule has 1 N–H and O–H groups in total. The van der Waals surface area contributed by atoms with E-state index in [1.54, 1.807) is 6.20 Å². The van der Waals surface area contributed by atoms with E-state index < -0.39 is 0 Å². The van der Waals surface area contributed by atoms with Gasteiger partial charge >= 0.3 is 0 Å². The number of amidine groups is 2. The molecule has 9 rings (SSSR count). The highest BCUT2D eigenvalue weighted by molar-refractivity contribution is 6.21. The van der Waals surface area contributed by atoms with Gasteiger partial charge in [-0.3, -0.25) is 4.98 Å². The highest BCUT2D eigenvalue weighted by Gasteiger charge is 2.24. The normalized spacial score (nSPS) is 15.0. The molecule has 1 aliphatic rings. The van der Waals surface area contributed by atoms with Crippen LogP contribution in [0, 0.1) is 0 Å². The van der Waals surface area contributed by atoms with Crippen molar-refractivity contribution in [1.29, 1.82) is 0 Å². The first kappa shape index (κ1) is 24.6. The molecule has 0 saturated heterocycles. The summed E-state index contributed by atoms with van der Waals surface area (Å²) in [7, 11) is 0. The van der Waals surface area contributed by atoms with Crippen LogP contribution in [0.25, 0.3) is 49.4 Å². The minimum Gasteiger partial charge on any atom is -0.455 e. The Hall–Kier alpha value is -6.01. The number of benzene rings is 5. The van der Waals surface area contributed by atoms with Gasteiger partial charge in [0, 0.05) is 33.4 Å². The van der Waals surface area contributed by atoms with Gasteiger partial charge in [-0.2, -0.15) is 0 Å². The van der Waals surface area contributed by atoms with Crippen LogP contribution in [0.5, 0.6) is 0 Å². The Morgan fingerprint density at radius 2 is 1.41 bits per heavy atom. The van der Waals surface area contributed by atoms with Crippen molar-refractivity contribution in [2.24, 2.45) is 9.98 Å². The van der Waals surface area contributed by atoms with Gasteiger partial charge in [-0.25, -0.2) is 9.98 Å². The summed E-state index contributed by atoms with van der Waals surface area (Å²) in [6.45, 7) is 0. The van der Waals surface area contributed by atoms with Gasteiger partial charge in [-0.1, -0.05) is 84.9 Å². The van der Waals surface area contributed by atoms with Crippen molar-refractivity contribution >= 4 is 55.4 Å². The van der Waals surface area contributed by atoms with Crippen molar-refractivity contribution in [2.75, 3.05) is 0 Å². The average Bonchev–Trinajstić information content (AvgIpc) is 3.63. The third kappa shape index (κ3) is 3.85. The van der Waals surface area contributed by atoms with Gasteiger partial charge < -0.3 is 14.3 Å². The molecule has 6 heteroatoms. The van der Waals surface area contributed by atoms with Crippen LogP contribution in [0.15, 0.2) is 154 Å². The predicted molar refractivity (Wildman–Crippen MR) is 178 cm³/mol. The number of aromatic nitrogens is 2. The van der Waals surface area contributed by atoms with E-state index in [-0.39, 0.29) is 6.17 Å². The first-order valence-corrected chi connectivity index (χ1v) is 14.7. The van der Waals surface area contributed by atoms with Crippen LogP contribution in [-0.2, 0) is 0 Å². The summed E-state index contributed by atoms with van der Waals surface area (Å²) >= 11 is 0. The number of para-hydroxylation sites is 3. The Bertz CT molecular complexity index is 2400. The van der Waals surface area contributed by atoms with E-state index in [4.69, 9.17) is 14.4 Å². The Morgan fingerprint density at radius 3 is 2.25 bits per heavy atom. The molecule has 1 atom stereocenters. The van der Waals surface area contributed by atoms with Gasteiger partial charge in [-0.15, -0.1) is 0 Å². The summed E-state index contributed by atoms with van der Waals surface area (Å²) in [4.78, 5) is 14.6. The molecule has 5 aromatic carbocycles. The zero-order valence-electron chi connectivity index (χ0n) is 23.6. The number of aliphatic imine (C=N–C) groups is 2. The molecule has 0 fully saturated rings. The number of pyridine rings is 1. The minimum absolute atomic E-state index is 0.319. The summed E-state index contributed by atoms with van der Waals surface area (Å²) in [6, 6.07) is 45.7. The van der Waals surface area contributed by atoms with Gasteiger partial charge in [-0.05, 0) is 54.1 Å². The molecule has 44 heavy (non-hydrogen) atoms. The number of nitrogens with zero attached hydrogens (tertiary/aromatic N) is 4. The van der Waals surface area contributed by atoms with Gasteiger partial charge in [0.05, 0.1) is 16.6 Å². The predicted octanol–water partition coefficient (Wildman–Crippen LogP) is 8.57. The second-order valence-electron chi connectivity index (χ2n) is 10.9. The Morgan fingerprint density at radius 1 is 0.636 bits per heavy atom.